The van der Waals surface area contributed by atoms with Gasteiger partial charge < -0.3 is 19.6 Å². The second kappa shape index (κ2) is 9.74. The molecular weight excluding hydrogens is 462 g/mol. The lowest BCUT2D eigenvalue weighted by Crippen LogP contribution is -2.57. The predicted molar refractivity (Wildman–Crippen MR) is 124 cm³/mol. The van der Waals surface area contributed by atoms with Gasteiger partial charge in [0.15, 0.2) is 0 Å². The van der Waals surface area contributed by atoms with Crippen molar-refractivity contribution < 1.29 is 37.9 Å². The summed E-state index contributed by atoms with van der Waals surface area (Å²) in [4.78, 5) is 29.4. The van der Waals surface area contributed by atoms with E-state index in [0.717, 1.165) is 44.9 Å². The smallest absolute Gasteiger partial charge is 0.438 e. The molecule has 10 atom stereocenters. The molecule has 196 valence electrons. The van der Waals surface area contributed by atoms with Crippen molar-refractivity contribution in [2.24, 2.45) is 46.3 Å². The summed E-state index contributed by atoms with van der Waals surface area (Å²) in [5, 5.41) is 10.2. The molecule has 0 bridgehead atoms. The van der Waals surface area contributed by atoms with E-state index in [1.807, 2.05) is 0 Å². The SMILES string of the molecule is CC(CCC(=O)OCOP(=O)(O)O)C1CCC2C3C(F)CC4CC(O)CCC4(C)C3CCC12C. The minimum atomic E-state index is -4.66. The zero-order valence-corrected chi connectivity index (χ0v) is 21.6. The largest absolute Gasteiger partial charge is 0.472 e. The Morgan fingerprint density at radius 3 is 2.47 bits per heavy atom. The van der Waals surface area contributed by atoms with Gasteiger partial charge in [0.05, 0.1) is 6.10 Å². The zero-order valence-electron chi connectivity index (χ0n) is 20.7. The van der Waals surface area contributed by atoms with E-state index >= 15 is 4.39 Å². The van der Waals surface area contributed by atoms with E-state index in [-0.39, 0.29) is 41.1 Å². The fourth-order valence-corrected chi connectivity index (χ4v) is 9.09. The number of hydrogen-bond donors (Lipinski definition) is 3. The fraction of sp³-hybridized carbons (Fsp3) is 0.960. The molecule has 0 radical (unpaired) electrons. The highest BCUT2D eigenvalue weighted by Gasteiger charge is 2.63. The molecule has 4 rings (SSSR count). The van der Waals surface area contributed by atoms with Crippen molar-refractivity contribution in [3.63, 3.8) is 0 Å². The third-order valence-corrected chi connectivity index (χ3v) is 11.1. The topological polar surface area (TPSA) is 113 Å². The van der Waals surface area contributed by atoms with E-state index in [2.05, 4.69) is 25.3 Å². The minimum absolute atomic E-state index is 0.0652. The number of esters is 1. The van der Waals surface area contributed by atoms with Crippen LogP contribution in [0.3, 0.4) is 0 Å². The van der Waals surface area contributed by atoms with Crippen LogP contribution >= 0.6 is 7.82 Å². The Kier molecular flexibility index (Phi) is 7.60. The molecule has 4 saturated carbocycles. The normalized spacial score (nSPS) is 45.1. The van der Waals surface area contributed by atoms with E-state index in [0.29, 0.717) is 30.6 Å². The van der Waals surface area contributed by atoms with Crippen LogP contribution in [-0.4, -0.2) is 39.9 Å². The number of carbonyl (C=O) groups excluding carboxylic acids is 1. The van der Waals surface area contributed by atoms with Gasteiger partial charge in [0.25, 0.3) is 0 Å². The van der Waals surface area contributed by atoms with E-state index in [1.54, 1.807) is 0 Å². The molecule has 0 saturated heterocycles. The van der Waals surface area contributed by atoms with E-state index in [4.69, 9.17) is 14.5 Å². The van der Waals surface area contributed by atoms with Crippen LogP contribution in [0, 0.1) is 46.3 Å². The van der Waals surface area contributed by atoms with Crippen molar-refractivity contribution in [3.8, 4) is 0 Å². The molecule has 0 amide bonds. The van der Waals surface area contributed by atoms with Gasteiger partial charge in [0.1, 0.15) is 6.17 Å². The van der Waals surface area contributed by atoms with Crippen molar-refractivity contribution >= 4 is 13.8 Å². The highest BCUT2D eigenvalue weighted by atomic mass is 31.2. The molecule has 34 heavy (non-hydrogen) atoms. The van der Waals surface area contributed by atoms with Crippen LogP contribution in [0.25, 0.3) is 0 Å². The van der Waals surface area contributed by atoms with Crippen LogP contribution in [0.2, 0.25) is 0 Å². The van der Waals surface area contributed by atoms with Gasteiger partial charge in [-0.15, -0.1) is 0 Å². The van der Waals surface area contributed by atoms with Gasteiger partial charge >= 0.3 is 13.8 Å². The summed E-state index contributed by atoms with van der Waals surface area (Å²) in [7, 11) is -4.66. The Hall–Kier alpha value is -0.530. The van der Waals surface area contributed by atoms with Crippen LogP contribution in [0.15, 0.2) is 0 Å². The van der Waals surface area contributed by atoms with Gasteiger partial charge in [-0.3, -0.25) is 4.79 Å². The summed E-state index contributed by atoms with van der Waals surface area (Å²) >= 11 is 0. The van der Waals surface area contributed by atoms with Gasteiger partial charge in [-0.1, -0.05) is 20.8 Å². The third-order valence-electron chi connectivity index (χ3n) is 10.6. The highest BCUT2D eigenvalue weighted by Crippen LogP contribution is 2.68. The van der Waals surface area contributed by atoms with E-state index < -0.39 is 26.8 Å². The molecule has 7 nitrogen and oxygen atoms in total. The number of aliphatic hydroxyl groups is 1. The molecule has 10 unspecified atom stereocenters. The standard InChI is InChI=1S/C25H42FO7P/c1-15(4-7-22(28)32-14-33-34(29,30)31)18-5-6-19-23-20(9-11-25(18,19)3)24(2)10-8-17(27)12-16(24)13-21(23)26/h15-21,23,27H,4-14H2,1-3H3,(H2,29,30,31). The van der Waals surface area contributed by atoms with Crippen LogP contribution in [-0.2, 0) is 18.6 Å². The number of carbonyl (C=O) groups is 1. The molecule has 4 aliphatic rings. The molecular formula is C25H42FO7P. The van der Waals surface area contributed by atoms with Crippen LogP contribution < -0.4 is 0 Å². The number of rotatable bonds is 7. The first-order valence-corrected chi connectivity index (χ1v) is 14.6. The van der Waals surface area contributed by atoms with Gasteiger partial charge in [-0.25, -0.2) is 13.5 Å². The Bertz CT molecular complexity index is 804. The lowest BCUT2D eigenvalue weighted by Gasteiger charge is -2.62. The first kappa shape index (κ1) is 26.5. The number of hydrogen-bond acceptors (Lipinski definition) is 5. The molecule has 9 heteroatoms. The molecule has 0 aromatic heterocycles. The second-order valence-corrected chi connectivity index (χ2v) is 13.4. The van der Waals surface area contributed by atoms with Crippen molar-refractivity contribution in [1.82, 2.24) is 0 Å². The molecule has 0 spiro atoms. The summed E-state index contributed by atoms with van der Waals surface area (Å²) in [6.45, 7) is 6.13. The van der Waals surface area contributed by atoms with Crippen LogP contribution in [0.5, 0.6) is 0 Å². The van der Waals surface area contributed by atoms with Crippen molar-refractivity contribution in [3.05, 3.63) is 0 Å². The Labute approximate surface area is 202 Å². The number of aliphatic hydroxyl groups excluding tert-OH is 1. The quantitative estimate of drug-likeness (QED) is 0.255. The summed E-state index contributed by atoms with van der Waals surface area (Å²) < 4.78 is 35.4. The Morgan fingerprint density at radius 1 is 1.09 bits per heavy atom. The summed E-state index contributed by atoms with van der Waals surface area (Å²) in [6, 6.07) is 0. The van der Waals surface area contributed by atoms with Crippen molar-refractivity contribution in [2.45, 2.75) is 97.3 Å². The average Bonchev–Trinajstić information content (AvgIpc) is 3.09. The maximum Gasteiger partial charge on any atom is 0.472 e. The maximum atomic E-state index is 15.8. The van der Waals surface area contributed by atoms with Gasteiger partial charge in [0.2, 0.25) is 6.79 Å². The summed E-state index contributed by atoms with van der Waals surface area (Å²) in [5.41, 5.74) is 0.201. The first-order valence-electron chi connectivity index (χ1n) is 13.0. The monoisotopic (exact) mass is 504 g/mol. The molecule has 0 aliphatic heterocycles. The lowest BCUT2D eigenvalue weighted by molar-refractivity contribution is -0.158. The van der Waals surface area contributed by atoms with Gasteiger partial charge in [-0.05, 0) is 104 Å². The lowest BCUT2D eigenvalue weighted by atomic mass is 9.44. The minimum Gasteiger partial charge on any atom is -0.438 e. The molecule has 0 aromatic rings. The number of ether oxygens (including phenoxy) is 1. The third kappa shape index (κ3) is 5.00. The van der Waals surface area contributed by atoms with Crippen molar-refractivity contribution in [1.29, 1.82) is 0 Å². The number of alkyl halides is 1. The first-order chi connectivity index (χ1) is 15.8. The molecule has 0 aromatic carbocycles. The highest BCUT2D eigenvalue weighted by molar-refractivity contribution is 7.46. The van der Waals surface area contributed by atoms with Gasteiger partial charge in [-0.2, -0.15) is 0 Å². The van der Waals surface area contributed by atoms with Crippen LogP contribution in [0.1, 0.15) is 85.0 Å². The fourth-order valence-electron chi connectivity index (χ4n) is 8.90. The molecule has 0 heterocycles. The summed E-state index contributed by atoms with van der Waals surface area (Å²) in [5.74, 6) is 1.31. The number of fused-ring (bicyclic) bond motifs is 5. The van der Waals surface area contributed by atoms with Crippen LogP contribution in [0.4, 0.5) is 4.39 Å². The number of phosphoric acid groups is 1. The molecule has 4 aliphatic carbocycles. The molecule has 3 N–H and O–H groups in total. The average molecular weight is 505 g/mol. The zero-order chi connectivity index (χ0) is 24.9. The molecule has 4 fully saturated rings. The van der Waals surface area contributed by atoms with Crippen molar-refractivity contribution in [2.75, 3.05) is 6.79 Å². The summed E-state index contributed by atoms with van der Waals surface area (Å²) in [6.07, 6.45) is 7.13. The van der Waals surface area contributed by atoms with E-state index in [1.165, 1.54) is 0 Å². The maximum absolute atomic E-state index is 15.8. The number of halogens is 1. The number of phosphoric ester groups is 1. The Balaban J connectivity index is 1.38. The van der Waals surface area contributed by atoms with Gasteiger partial charge in [0, 0.05) is 6.42 Å². The second-order valence-electron chi connectivity index (χ2n) is 12.2. The predicted octanol–water partition coefficient (Wildman–Crippen LogP) is 4.98. The van der Waals surface area contributed by atoms with E-state index in [9.17, 15) is 14.5 Å². The Morgan fingerprint density at radius 2 is 1.76 bits per heavy atom.